The molecule has 1 aliphatic rings. The lowest BCUT2D eigenvalue weighted by Gasteiger charge is -2.20. The van der Waals surface area contributed by atoms with E-state index in [4.69, 9.17) is 0 Å². The maximum absolute atomic E-state index is 11.3. The number of aliphatic hydroxyl groups is 1. The predicted molar refractivity (Wildman–Crippen MR) is 46.6 cm³/mol. The van der Waals surface area contributed by atoms with Gasteiger partial charge in [-0.2, -0.15) is 0 Å². The maximum Gasteiger partial charge on any atom is 0.162 e. The van der Waals surface area contributed by atoms with Gasteiger partial charge in [0, 0.05) is 32.3 Å². The number of hydrogen-bond acceptors (Lipinski definition) is 3. The highest BCUT2D eigenvalue weighted by Gasteiger charge is 2.23. The molecule has 1 unspecified atom stereocenters. The first-order valence-electron chi connectivity index (χ1n) is 4.20. The van der Waals surface area contributed by atoms with Gasteiger partial charge in [-0.3, -0.25) is 4.79 Å². The zero-order chi connectivity index (χ0) is 9.14. The Morgan fingerprint density at radius 1 is 1.58 bits per heavy atom. The van der Waals surface area contributed by atoms with Gasteiger partial charge in [-0.1, -0.05) is 0 Å². The Hall–Kier alpha value is -0.830. The van der Waals surface area contributed by atoms with Gasteiger partial charge in [0.2, 0.25) is 0 Å². The number of hydrogen-bond donors (Lipinski definition) is 1. The Labute approximate surface area is 72.7 Å². The summed E-state index contributed by atoms with van der Waals surface area (Å²) in [6.07, 6.45) is 3.27. The Morgan fingerprint density at radius 3 is 2.75 bits per heavy atom. The van der Waals surface area contributed by atoms with Crippen LogP contribution < -0.4 is 0 Å². The first-order chi connectivity index (χ1) is 5.61. The van der Waals surface area contributed by atoms with E-state index in [0.29, 0.717) is 18.4 Å². The highest BCUT2D eigenvalue weighted by atomic mass is 16.3. The monoisotopic (exact) mass is 169 g/mol. The van der Waals surface area contributed by atoms with Crippen LogP contribution in [-0.2, 0) is 4.79 Å². The van der Waals surface area contributed by atoms with Gasteiger partial charge >= 0.3 is 0 Å². The minimum absolute atomic E-state index is 0.0856. The van der Waals surface area contributed by atoms with Crippen molar-refractivity contribution in [3.63, 3.8) is 0 Å². The second-order valence-electron chi connectivity index (χ2n) is 3.38. The molecule has 1 rings (SSSR count). The van der Waals surface area contributed by atoms with E-state index in [1.54, 1.807) is 11.1 Å². The van der Waals surface area contributed by atoms with E-state index < -0.39 is 6.10 Å². The molecule has 0 bridgehead atoms. The lowest BCUT2D eigenvalue weighted by Crippen LogP contribution is -2.25. The van der Waals surface area contributed by atoms with Crippen molar-refractivity contribution in [3.05, 3.63) is 11.8 Å². The van der Waals surface area contributed by atoms with E-state index in [-0.39, 0.29) is 5.78 Å². The van der Waals surface area contributed by atoms with E-state index in [1.165, 1.54) is 0 Å². The molecule has 0 saturated heterocycles. The number of aliphatic hydroxyl groups excluding tert-OH is 1. The van der Waals surface area contributed by atoms with Crippen LogP contribution in [-0.4, -0.2) is 36.0 Å². The van der Waals surface area contributed by atoms with Crippen molar-refractivity contribution in [1.29, 1.82) is 0 Å². The van der Waals surface area contributed by atoms with Crippen LogP contribution in [0.1, 0.15) is 19.3 Å². The number of rotatable bonds is 1. The molecule has 3 nitrogen and oxygen atoms in total. The average molecular weight is 169 g/mol. The molecule has 0 aromatic carbocycles. The van der Waals surface area contributed by atoms with Crippen molar-refractivity contribution in [2.45, 2.75) is 25.4 Å². The summed E-state index contributed by atoms with van der Waals surface area (Å²) in [5.74, 6) is 0.0856. The largest absolute Gasteiger partial charge is 0.388 e. The summed E-state index contributed by atoms with van der Waals surface area (Å²) >= 11 is 0. The number of carbonyl (C=O) groups is 1. The van der Waals surface area contributed by atoms with Crippen LogP contribution in [0.3, 0.4) is 0 Å². The summed E-state index contributed by atoms with van der Waals surface area (Å²) in [6, 6.07) is 0. The molecule has 1 atom stereocenters. The molecule has 1 N–H and O–H groups in total. The molecule has 0 spiro atoms. The molecule has 0 radical (unpaired) electrons. The van der Waals surface area contributed by atoms with Gasteiger partial charge in [0.15, 0.2) is 5.78 Å². The van der Waals surface area contributed by atoms with E-state index >= 15 is 0 Å². The summed E-state index contributed by atoms with van der Waals surface area (Å²) < 4.78 is 0. The van der Waals surface area contributed by atoms with Crippen LogP contribution >= 0.6 is 0 Å². The van der Waals surface area contributed by atoms with Gasteiger partial charge in [-0.05, 0) is 12.8 Å². The fourth-order valence-electron chi connectivity index (χ4n) is 1.38. The van der Waals surface area contributed by atoms with Gasteiger partial charge in [0.05, 0.1) is 6.10 Å². The van der Waals surface area contributed by atoms with Crippen molar-refractivity contribution in [1.82, 2.24) is 4.90 Å². The minimum atomic E-state index is -0.548. The molecule has 12 heavy (non-hydrogen) atoms. The Balaban J connectivity index is 2.76. The Morgan fingerprint density at radius 2 is 2.25 bits per heavy atom. The van der Waals surface area contributed by atoms with Crippen LogP contribution in [0.25, 0.3) is 0 Å². The smallest absolute Gasteiger partial charge is 0.162 e. The summed E-state index contributed by atoms with van der Waals surface area (Å²) in [6.45, 7) is 0. The SMILES string of the molecule is CN(C)C=C1C(=O)CCCC1O. The van der Waals surface area contributed by atoms with Crippen LogP contribution in [0.4, 0.5) is 0 Å². The van der Waals surface area contributed by atoms with Crippen LogP contribution in [0.15, 0.2) is 11.8 Å². The molecule has 0 aromatic heterocycles. The van der Waals surface area contributed by atoms with Crippen molar-refractivity contribution in [2.75, 3.05) is 14.1 Å². The summed E-state index contributed by atoms with van der Waals surface area (Å²) in [4.78, 5) is 13.1. The van der Waals surface area contributed by atoms with E-state index in [2.05, 4.69) is 0 Å². The third kappa shape index (κ3) is 2.08. The zero-order valence-corrected chi connectivity index (χ0v) is 7.58. The third-order valence-corrected chi connectivity index (χ3v) is 1.96. The number of Topliss-reactive ketones (excluding diaryl/α,β-unsaturated/α-hetero) is 1. The van der Waals surface area contributed by atoms with Crippen molar-refractivity contribution in [2.24, 2.45) is 0 Å². The highest BCUT2D eigenvalue weighted by molar-refractivity contribution is 5.96. The van der Waals surface area contributed by atoms with Gasteiger partial charge in [-0.25, -0.2) is 0 Å². The van der Waals surface area contributed by atoms with Crippen molar-refractivity contribution >= 4 is 5.78 Å². The fraction of sp³-hybridized carbons (Fsp3) is 0.667. The van der Waals surface area contributed by atoms with Gasteiger partial charge in [0.25, 0.3) is 0 Å². The molecule has 0 heterocycles. The molecule has 1 aliphatic carbocycles. The molecular weight excluding hydrogens is 154 g/mol. The van der Waals surface area contributed by atoms with Crippen LogP contribution in [0.2, 0.25) is 0 Å². The van der Waals surface area contributed by atoms with Crippen molar-refractivity contribution in [3.8, 4) is 0 Å². The molecule has 1 saturated carbocycles. The highest BCUT2D eigenvalue weighted by Crippen LogP contribution is 2.20. The molecular formula is C9H15NO2. The second kappa shape index (κ2) is 3.72. The minimum Gasteiger partial charge on any atom is -0.388 e. The normalized spacial score (nSPS) is 27.8. The van der Waals surface area contributed by atoms with E-state index in [0.717, 1.165) is 6.42 Å². The van der Waals surface area contributed by atoms with Crippen LogP contribution in [0, 0.1) is 0 Å². The topological polar surface area (TPSA) is 40.5 Å². The average Bonchev–Trinajstić information content (AvgIpc) is 1.97. The van der Waals surface area contributed by atoms with E-state index in [1.807, 2.05) is 14.1 Å². The zero-order valence-electron chi connectivity index (χ0n) is 7.58. The van der Waals surface area contributed by atoms with Crippen molar-refractivity contribution < 1.29 is 9.90 Å². The molecule has 1 fully saturated rings. The first kappa shape index (κ1) is 9.26. The second-order valence-corrected chi connectivity index (χ2v) is 3.38. The molecule has 68 valence electrons. The number of carbonyl (C=O) groups excluding carboxylic acids is 1. The standard InChI is InChI=1S/C9H15NO2/c1-10(2)6-7-8(11)4-3-5-9(7)12/h6,8,11H,3-5H2,1-2H3. The Kier molecular flexibility index (Phi) is 2.87. The van der Waals surface area contributed by atoms with Gasteiger partial charge in [0.1, 0.15) is 0 Å². The number of nitrogens with zero attached hydrogens (tertiary/aromatic N) is 1. The van der Waals surface area contributed by atoms with Gasteiger partial charge in [-0.15, -0.1) is 0 Å². The quantitative estimate of drug-likeness (QED) is 0.583. The molecule has 3 heteroatoms. The summed E-state index contributed by atoms with van der Waals surface area (Å²) in [7, 11) is 3.70. The summed E-state index contributed by atoms with van der Waals surface area (Å²) in [5, 5.41) is 9.47. The molecule has 0 amide bonds. The maximum atomic E-state index is 11.3. The summed E-state index contributed by atoms with van der Waals surface area (Å²) in [5.41, 5.74) is 0.561. The predicted octanol–water partition coefficient (Wildman–Crippen LogP) is 0.546. The lowest BCUT2D eigenvalue weighted by molar-refractivity contribution is -0.118. The first-order valence-corrected chi connectivity index (χ1v) is 4.20. The molecule has 0 aromatic rings. The van der Waals surface area contributed by atoms with Gasteiger partial charge < -0.3 is 10.0 Å². The Bertz CT molecular complexity index is 209. The lowest BCUT2D eigenvalue weighted by atomic mass is 9.91. The number of ketones is 1. The van der Waals surface area contributed by atoms with E-state index in [9.17, 15) is 9.90 Å². The molecule has 0 aliphatic heterocycles. The third-order valence-electron chi connectivity index (χ3n) is 1.96. The van der Waals surface area contributed by atoms with Crippen LogP contribution in [0.5, 0.6) is 0 Å². The fourth-order valence-corrected chi connectivity index (χ4v) is 1.38.